The van der Waals surface area contributed by atoms with E-state index in [1.54, 1.807) is 17.5 Å². The van der Waals surface area contributed by atoms with E-state index in [1.165, 1.54) is 11.3 Å². The van der Waals surface area contributed by atoms with E-state index in [0.29, 0.717) is 29.6 Å². The summed E-state index contributed by atoms with van der Waals surface area (Å²) in [6.07, 6.45) is 0. The predicted molar refractivity (Wildman–Crippen MR) is 88.6 cm³/mol. The Morgan fingerprint density at radius 1 is 1.25 bits per heavy atom. The molecule has 0 aliphatic carbocycles. The number of carbonyl (C=O) groups excluding carboxylic acids is 2. The molecule has 3 rings (SSSR count). The fraction of sp³-hybridized carbons (Fsp3) is 0.294. The van der Waals surface area contributed by atoms with E-state index < -0.39 is 5.97 Å². The van der Waals surface area contributed by atoms with Crippen LogP contribution >= 0.6 is 11.3 Å². The van der Waals surface area contributed by atoms with E-state index in [-0.39, 0.29) is 18.6 Å². The van der Waals surface area contributed by atoms with Crippen molar-refractivity contribution in [2.45, 2.75) is 13.0 Å². The van der Waals surface area contributed by atoms with Crippen LogP contribution in [0.2, 0.25) is 0 Å². The van der Waals surface area contributed by atoms with Gasteiger partial charge in [0.05, 0.1) is 6.04 Å². The number of nitrogens with one attached hydrogen (secondary N) is 1. The van der Waals surface area contributed by atoms with Gasteiger partial charge in [-0.3, -0.25) is 4.79 Å². The van der Waals surface area contributed by atoms with Gasteiger partial charge in [0.15, 0.2) is 18.1 Å². The van der Waals surface area contributed by atoms with Crippen LogP contribution in [0.15, 0.2) is 35.7 Å². The van der Waals surface area contributed by atoms with Crippen LogP contribution in [0.4, 0.5) is 0 Å². The zero-order chi connectivity index (χ0) is 16.9. The average Bonchev–Trinajstić information content (AvgIpc) is 3.14. The first kappa shape index (κ1) is 16.3. The molecule has 0 spiro atoms. The lowest BCUT2D eigenvalue weighted by Crippen LogP contribution is -2.31. The molecule has 1 atom stereocenters. The molecular formula is C17H17NO5S. The standard InChI is InChI=1S/C17H17NO5S/c1-11(12-4-5-13-14(9-12)22-7-6-21-13)18-16(19)10-23-17(20)15-3-2-8-24-15/h2-5,8-9,11H,6-7,10H2,1H3,(H,18,19)/t11-/m1/s1. The second-order valence-corrected chi connectivity index (χ2v) is 6.19. The Labute approximate surface area is 143 Å². The second-order valence-electron chi connectivity index (χ2n) is 5.25. The number of carbonyl (C=O) groups is 2. The molecule has 1 aliphatic heterocycles. The molecule has 6 nitrogen and oxygen atoms in total. The number of hydrogen-bond donors (Lipinski definition) is 1. The van der Waals surface area contributed by atoms with Gasteiger partial charge in [-0.1, -0.05) is 12.1 Å². The molecule has 24 heavy (non-hydrogen) atoms. The summed E-state index contributed by atoms with van der Waals surface area (Å²) in [5.41, 5.74) is 0.886. The molecule has 0 radical (unpaired) electrons. The summed E-state index contributed by atoms with van der Waals surface area (Å²) in [7, 11) is 0. The SMILES string of the molecule is C[C@@H](NC(=O)COC(=O)c1cccs1)c1ccc2c(c1)OCCO2. The molecule has 2 aromatic rings. The number of benzene rings is 1. The summed E-state index contributed by atoms with van der Waals surface area (Å²) < 4.78 is 16.0. The van der Waals surface area contributed by atoms with E-state index in [4.69, 9.17) is 14.2 Å². The molecule has 1 aromatic heterocycles. The number of amides is 1. The van der Waals surface area contributed by atoms with E-state index in [2.05, 4.69) is 5.32 Å². The van der Waals surface area contributed by atoms with Gasteiger partial charge < -0.3 is 19.5 Å². The molecule has 0 fully saturated rings. The van der Waals surface area contributed by atoms with Gasteiger partial charge in [0.2, 0.25) is 0 Å². The van der Waals surface area contributed by atoms with Crippen LogP contribution < -0.4 is 14.8 Å². The number of fused-ring (bicyclic) bond motifs is 1. The topological polar surface area (TPSA) is 73.9 Å². The monoisotopic (exact) mass is 347 g/mol. The van der Waals surface area contributed by atoms with Crippen molar-refractivity contribution in [3.63, 3.8) is 0 Å². The lowest BCUT2D eigenvalue weighted by molar-refractivity contribution is -0.124. The van der Waals surface area contributed by atoms with Crippen LogP contribution in [0, 0.1) is 0 Å². The molecule has 1 N–H and O–H groups in total. The van der Waals surface area contributed by atoms with Crippen LogP contribution in [0.5, 0.6) is 11.5 Å². The molecule has 1 aliphatic rings. The average molecular weight is 347 g/mol. The van der Waals surface area contributed by atoms with Gasteiger partial charge in [0.25, 0.3) is 5.91 Å². The quantitative estimate of drug-likeness (QED) is 0.842. The minimum Gasteiger partial charge on any atom is -0.486 e. The van der Waals surface area contributed by atoms with Gasteiger partial charge in [0, 0.05) is 0 Å². The molecule has 1 amide bonds. The van der Waals surface area contributed by atoms with E-state index >= 15 is 0 Å². The van der Waals surface area contributed by atoms with Crippen molar-refractivity contribution in [2.75, 3.05) is 19.8 Å². The molecule has 0 saturated heterocycles. The maximum absolute atomic E-state index is 11.9. The van der Waals surface area contributed by atoms with Gasteiger partial charge in [-0.05, 0) is 36.1 Å². The highest BCUT2D eigenvalue weighted by molar-refractivity contribution is 7.11. The minimum absolute atomic E-state index is 0.242. The Hall–Kier alpha value is -2.54. The number of ether oxygens (including phenoxy) is 3. The van der Waals surface area contributed by atoms with Crippen molar-refractivity contribution in [1.29, 1.82) is 0 Å². The molecule has 0 bridgehead atoms. The fourth-order valence-electron chi connectivity index (χ4n) is 2.29. The fourth-order valence-corrected chi connectivity index (χ4v) is 2.91. The van der Waals surface area contributed by atoms with Gasteiger partial charge in [0.1, 0.15) is 18.1 Å². The number of thiophene rings is 1. The van der Waals surface area contributed by atoms with Crippen molar-refractivity contribution < 1.29 is 23.8 Å². The maximum atomic E-state index is 11.9. The van der Waals surface area contributed by atoms with Crippen molar-refractivity contribution in [2.24, 2.45) is 0 Å². The molecule has 0 saturated carbocycles. The van der Waals surface area contributed by atoms with Crippen LogP contribution in [-0.2, 0) is 9.53 Å². The number of hydrogen-bond acceptors (Lipinski definition) is 6. The highest BCUT2D eigenvalue weighted by Gasteiger charge is 2.17. The number of esters is 1. The second kappa shape index (κ2) is 7.35. The Kier molecular flexibility index (Phi) is 5.00. The molecular weight excluding hydrogens is 330 g/mol. The molecule has 2 heterocycles. The Morgan fingerprint density at radius 2 is 2.04 bits per heavy atom. The van der Waals surface area contributed by atoms with Gasteiger partial charge >= 0.3 is 5.97 Å². The van der Waals surface area contributed by atoms with Crippen LogP contribution in [0.1, 0.15) is 28.2 Å². The zero-order valence-electron chi connectivity index (χ0n) is 13.1. The first-order valence-electron chi connectivity index (χ1n) is 7.53. The Bertz CT molecular complexity index is 729. The first-order valence-corrected chi connectivity index (χ1v) is 8.41. The summed E-state index contributed by atoms with van der Waals surface area (Å²) in [5.74, 6) is 0.520. The third-order valence-electron chi connectivity index (χ3n) is 3.50. The maximum Gasteiger partial charge on any atom is 0.348 e. The molecule has 126 valence electrons. The van der Waals surface area contributed by atoms with Gasteiger partial charge in [-0.15, -0.1) is 11.3 Å². The highest BCUT2D eigenvalue weighted by Crippen LogP contribution is 2.32. The normalized spacial score (nSPS) is 13.9. The van der Waals surface area contributed by atoms with Crippen LogP contribution in [0.25, 0.3) is 0 Å². The minimum atomic E-state index is -0.493. The summed E-state index contributed by atoms with van der Waals surface area (Å²) in [5, 5.41) is 4.57. The van der Waals surface area contributed by atoms with Crippen molar-refractivity contribution >= 4 is 23.2 Å². The highest BCUT2D eigenvalue weighted by atomic mass is 32.1. The van der Waals surface area contributed by atoms with Crippen LogP contribution in [-0.4, -0.2) is 31.7 Å². The molecule has 0 unspecified atom stereocenters. The molecule has 7 heteroatoms. The van der Waals surface area contributed by atoms with Crippen molar-refractivity contribution in [3.8, 4) is 11.5 Å². The Morgan fingerprint density at radius 3 is 2.79 bits per heavy atom. The van der Waals surface area contributed by atoms with E-state index in [9.17, 15) is 9.59 Å². The van der Waals surface area contributed by atoms with Crippen LogP contribution in [0.3, 0.4) is 0 Å². The summed E-state index contributed by atoms with van der Waals surface area (Å²) in [6, 6.07) is 8.71. The smallest absolute Gasteiger partial charge is 0.348 e. The lowest BCUT2D eigenvalue weighted by atomic mass is 10.1. The zero-order valence-corrected chi connectivity index (χ0v) is 13.9. The van der Waals surface area contributed by atoms with E-state index in [1.807, 2.05) is 25.1 Å². The van der Waals surface area contributed by atoms with Gasteiger partial charge in [-0.2, -0.15) is 0 Å². The van der Waals surface area contributed by atoms with Gasteiger partial charge in [-0.25, -0.2) is 4.79 Å². The van der Waals surface area contributed by atoms with Crippen molar-refractivity contribution in [3.05, 3.63) is 46.2 Å². The largest absolute Gasteiger partial charge is 0.486 e. The third kappa shape index (κ3) is 3.86. The summed E-state index contributed by atoms with van der Waals surface area (Å²) in [4.78, 5) is 24.1. The summed E-state index contributed by atoms with van der Waals surface area (Å²) in [6.45, 7) is 2.58. The predicted octanol–water partition coefficient (Wildman–Crippen LogP) is 2.55. The lowest BCUT2D eigenvalue weighted by Gasteiger charge is -2.21. The Balaban J connectivity index is 1.53. The third-order valence-corrected chi connectivity index (χ3v) is 4.35. The molecule has 1 aromatic carbocycles. The first-order chi connectivity index (χ1) is 11.6. The summed E-state index contributed by atoms with van der Waals surface area (Å²) >= 11 is 1.27. The van der Waals surface area contributed by atoms with E-state index in [0.717, 1.165) is 5.56 Å². The van der Waals surface area contributed by atoms with Crippen molar-refractivity contribution in [1.82, 2.24) is 5.32 Å². The number of rotatable bonds is 5.